The Labute approximate surface area is 250 Å². The number of hydrogen-bond donors (Lipinski definition) is 2. The van der Waals surface area contributed by atoms with Gasteiger partial charge < -0.3 is 14.7 Å². The second kappa shape index (κ2) is 8.57. The van der Waals surface area contributed by atoms with E-state index in [1.807, 2.05) is 35.7 Å². The first-order valence-corrected chi connectivity index (χ1v) is 15.3. The monoisotopic (exact) mass is 569 g/mol. The third kappa shape index (κ3) is 3.34. The third-order valence-corrected chi connectivity index (χ3v) is 10.1. The van der Waals surface area contributed by atoms with E-state index in [-0.39, 0.29) is 6.04 Å². The average molecular weight is 570 g/mol. The Balaban J connectivity index is 1.27. The molecule has 0 radical (unpaired) electrons. The first-order chi connectivity index (χ1) is 21.3. The van der Waals surface area contributed by atoms with Gasteiger partial charge in [0.2, 0.25) is 0 Å². The highest BCUT2D eigenvalue weighted by atomic mass is 32.1. The van der Waals surface area contributed by atoms with Gasteiger partial charge in [0, 0.05) is 42.6 Å². The van der Waals surface area contributed by atoms with Gasteiger partial charge in [-0.05, 0) is 53.6 Å². The zero-order chi connectivity index (χ0) is 28.1. The third-order valence-electron chi connectivity index (χ3n) is 8.88. The molecule has 202 valence electrons. The van der Waals surface area contributed by atoms with Crippen LogP contribution >= 0.6 is 11.3 Å². The number of thiophene rings is 1. The number of para-hydroxylation sites is 1. The molecule has 2 N–H and O–H groups in total. The van der Waals surface area contributed by atoms with Crippen molar-refractivity contribution in [3.05, 3.63) is 127 Å². The molecular formula is C38H23N3OS. The fraction of sp³-hybridized carbons (Fsp3) is 0.0263. The lowest BCUT2D eigenvalue weighted by atomic mass is 9.95. The van der Waals surface area contributed by atoms with Gasteiger partial charge in [0.05, 0.1) is 39.4 Å². The molecule has 8 aromatic rings. The molecule has 1 aliphatic heterocycles. The number of aromatic nitrogens is 1. The summed E-state index contributed by atoms with van der Waals surface area (Å²) in [5.74, 6) is 0. The molecule has 1 aliphatic carbocycles. The number of fused-ring (bicyclic) bond motifs is 11. The summed E-state index contributed by atoms with van der Waals surface area (Å²) in [7, 11) is 0. The lowest BCUT2D eigenvalue weighted by molar-refractivity contribution is 0.669. The number of furan rings is 1. The number of H-pyrrole nitrogens is 1. The fourth-order valence-electron chi connectivity index (χ4n) is 6.80. The number of nitrogens with zero attached hydrogens (tertiary/aromatic N) is 1. The van der Waals surface area contributed by atoms with Crippen molar-refractivity contribution >= 4 is 86.7 Å². The lowest BCUT2D eigenvalue weighted by Gasteiger charge is -2.24. The van der Waals surface area contributed by atoms with E-state index in [0.717, 1.165) is 55.6 Å². The molecule has 5 aromatic carbocycles. The number of rotatable bonds is 2. The first kappa shape index (κ1) is 23.2. The SMILES string of the molecule is C1=CC2=NC=C(c3cc(-c4ccc5oc6ccccc6c5c4)cc4c3[nH]c3c4ccc4c5ccccc5sc43)NC2C=C1. The zero-order valence-electron chi connectivity index (χ0n) is 22.9. The maximum atomic E-state index is 6.14. The second-order valence-corrected chi connectivity index (χ2v) is 12.4. The van der Waals surface area contributed by atoms with Crippen molar-refractivity contribution in [2.75, 3.05) is 0 Å². The van der Waals surface area contributed by atoms with Gasteiger partial charge in [-0.2, -0.15) is 0 Å². The van der Waals surface area contributed by atoms with Crippen molar-refractivity contribution in [2.24, 2.45) is 4.99 Å². The van der Waals surface area contributed by atoms with Crippen LogP contribution in [0.5, 0.6) is 0 Å². The van der Waals surface area contributed by atoms with Gasteiger partial charge in [-0.25, -0.2) is 0 Å². The Morgan fingerprint density at radius 2 is 1.51 bits per heavy atom. The summed E-state index contributed by atoms with van der Waals surface area (Å²) in [6.45, 7) is 0. The molecule has 43 heavy (non-hydrogen) atoms. The van der Waals surface area contributed by atoms with Crippen LogP contribution in [0.4, 0.5) is 0 Å². The van der Waals surface area contributed by atoms with E-state index >= 15 is 0 Å². The van der Waals surface area contributed by atoms with Crippen LogP contribution in [-0.4, -0.2) is 16.7 Å². The minimum Gasteiger partial charge on any atom is -0.456 e. The Hall–Kier alpha value is -5.39. The number of nitrogens with one attached hydrogen (secondary N) is 2. The smallest absolute Gasteiger partial charge is 0.135 e. The highest BCUT2D eigenvalue weighted by Gasteiger charge is 2.22. The Kier molecular flexibility index (Phi) is 4.62. The van der Waals surface area contributed by atoms with Crippen LogP contribution < -0.4 is 5.32 Å². The standard InChI is InChI=1S/C38H23N3OS/c1-5-11-33-23(7-1)27-17-21(13-16-34(27)42-33)22-18-28-25-14-15-26-24-8-2-6-12-35(24)43-38(26)37(25)41-36(28)29(19-22)32-20-39-30-9-3-4-10-31(30)40-32/h1-20,31,40-41H. The molecular weight excluding hydrogens is 547 g/mol. The summed E-state index contributed by atoms with van der Waals surface area (Å²) >= 11 is 1.86. The summed E-state index contributed by atoms with van der Waals surface area (Å²) in [5, 5.41) is 11.1. The van der Waals surface area contributed by atoms with Crippen molar-refractivity contribution in [1.29, 1.82) is 0 Å². The lowest BCUT2D eigenvalue weighted by Crippen LogP contribution is -2.36. The molecule has 5 heteroatoms. The molecule has 10 rings (SSSR count). The molecule has 1 atom stereocenters. The predicted octanol–water partition coefficient (Wildman–Crippen LogP) is 10.1. The van der Waals surface area contributed by atoms with Gasteiger partial charge in [0.1, 0.15) is 11.2 Å². The van der Waals surface area contributed by atoms with E-state index in [2.05, 4.69) is 107 Å². The van der Waals surface area contributed by atoms with Crippen LogP contribution in [0.2, 0.25) is 0 Å². The van der Waals surface area contributed by atoms with Crippen molar-refractivity contribution in [2.45, 2.75) is 6.04 Å². The summed E-state index contributed by atoms with van der Waals surface area (Å²) in [6, 6.07) is 32.7. The molecule has 0 fully saturated rings. The quantitative estimate of drug-likeness (QED) is 0.218. The molecule has 0 spiro atoms. The van der Waals surface area contributed by atoms with Gasteiger partial charge in [0.15, 0.2) is 0 Å². The molecule has 2 aliphatic rings. The van der Waals surface area contributed by atoms with Crippen LogP contribution in [0.3, 0.4) is 0 Å². The molecule has 0 bridgehead atoms. The van der Waals surface area contributed by atoms with Crippen molar-refractivity contribution in [3.63, 3.8) is 0 Å². The highest BCUT2D eigenvalue weighted by Crippen LogP contribution is 2.43. The summed E-state index contributed by atoms with van der Waals surface area (Å²) < 4.78 is 8.74. The molecule has 4 heterocycles. The van der Waals surface area contributed by atoms with Crippen LogP contribution in [0.25, 0.3) is 80.7 Å². The van der Waals surface area contributed by atoms with Crippen LogP contribution in [-0.2, 0) is 0 Å². The number of aliphatic imine (C=N–C) groups is 1. The van der Waals surface area contributed by atoms with Crippen molar-refractivity contribution in [1.82, 2.24) is 10.3 Å². The Morgan fingerprint density at radius 1 is 0.674 bits per heavy atom. The second-order valence-electron chi connectivity index (χ2n) is 11.3. The van der Waals surface area contributed by atoms with Gasteiger partial charge in [0.25, 0.3) is 0 Å². The van der Waals surface area contributed by atoms with Crippen LogP contribution in [0, 0.1) is 0 Å². The number of aromatic amines is 1. The topological polar surface area (TPSA) is 53.3 Å². The van der Waals surface area contributed by atoms with E-state index in [0.29, 0.717) is 0 Å². The molecule has 0 saturated heterocycles. The fourth-order valence-corrected chi connectivity index (χ4v) is 8.01. The predicted molar refractivity (Wildman–Crippen MR) is 182 cm³/mol. The van der Waals surface area contributed by atoms with E-state index < -0.39 is 0 Å². The Bertz CT molecular complexity index is 2610. The molecule has 4 nitrogen and oxygen atoms in total. The largest absolute Gasteiger partial charge is 0.456 e. The van der Waals surface area contributed by atoms with E-state index in [9.17, 15) is 0 Å². The summed E-state index contributed by atoms with van der Waals surface area (Å²) in [4.78, 5) is 8.73. The molecule has 1 unspecified atom stereocenters. The Morgan fingerprint density at radius 3 is 2.49 bits per heavy atom. The van der Waals surface area contributed by atoms with Gasteiger partial charge >= 0.3 is 0 Å². The minimum absolute atomic E-state index is 0.0519. The van der Waals surface area contributed by atoms with E-state index in [4.69, 9.17) is 9.41 Å². The van der Waals surface area contributed by atoms with Crippen molar-refractivity contribution in [3.8, 4) is 11.1 Å². The number of hydrogen-bond acceptors (Lipinski definition) is 4. The van der Waals surface area contributed by atoms with Crippen LogP contribution in [0.1, 0.15) is 5.56 Å². The first-order valence-electron chi connectivity index (χ1n) is 14.5. The average Bonchev–Trinajstić information content (AvgIpc) is 3.75. The number of allylic oxidation sites excluding steroid dienone is 2. The number of benzene rings is 5. The summed E-state index contributed by atoms with van der Waals surface area (Å²) in [6.07, 6.45) is 10.3. The molecule has 3 aromatic heterocycles. The van der Waals surface area contributed by atoms with Crippen molar-refractivity contribution < 1.29 is 4.42 Å². The summed E-state index contributed by atoms with van der Waals surface area (Å²) in [5.41, 5.74) is 9.57. The van der Waals surface area contributed by atoms with E-state index in [1.165, 1.54) is 36.5 Å². The molecule has 0 amide bonds. The van der Waals surface area contributed by atoms with Gasteiger partial charge in [-0.15, -0.1) is 11.3 Å². The zero-order valence-corrected chi connectivity index (χ0v) is 23.7. The maximum Gasteiger partial charge on any atom is 0.135 e. The highest BCUT2D eigenvalue weighted by molar-refractivity contribution is 7.26. The molecule has 0 saturated carbocycles. The van der Waals surface area contributed by atoms with Gasteiger partial charge in [-0.3, -0.25) is 4.99 Å². The van der Waals surface area contributed by atoms with Crippen LogP contribution in [0.15, 0.2) is 131 Å². The maximum absolute atomic E-state index is 6.14. The van der Waals surface area contributed by atoms with E-state index in [1.54, 1.807) is 0 Å². The minimum atomic E-state index is 0.0519. The van der Waals surface area contributed by atoms with Gasteiger partial charge in [-0.1, -0.05) is 72.8 Å². The normalized spacial score (nSPS) is 16.4.